The zero-order valence-corrected chi connectivity index (χ0v) is 12.5. The fourth-order valence-corrected chi connectivity index (χ4v) is 2.45. The highest BCUT2D eigenvalue weighted by atomic mass is 19.1. The molecule has 0 spiro atoms. The number of ether oxygens (including phenoxy) is 1. The summed E-state index contributed by atoms with van der Waals surface area (Å²) in [4.78, 5) is 6.58. The van der Waals surface area contributed by atoms with Gasteiger partial charge >= 0.3 is 0 Å². The zero-order chi connectivity index (χ0) is 14.5. The van der Waals surface area contributed by atoms with Gasteiger partial charge in [0.05, 0.1) is 25.5 Å². The molecule has 0 radical (unpaired) electrons. The maximum atomic E-state index is 13.5. The second-order valence-corrected chi connectivity index (χ2v) is 5.50. The minimum absolute atomic E-state index is 0.282. The lowest BCUT2D eigenvalue weighted by molar-refractivity contribution is 0.0924. The van der Waals surface area contributed by atoms with Gasteiger partial charge in [-0.15, -0.1) is 0 Å². The van der Waals surface area contributed by atoms with Gasteiger partial charge < -0.3 is 15.0 Å². The van der Waals surface area contributed by atoms with E-state index in [0.717, 1.165) is 24.3 Å². The summed E-state index contributed by atoms with van der Waals surface area (Å²) >= 11 is 0. The summed E-state index contributed by atoms with van der Waals surface area (Å²) in [6.45, 7) is 9.16. The second-order valence-electron chi connectivity index (χ2n) is 5.50. The van der Waals surface area contributed by atoms with Crippen LogP contribution in [-0.4, -0.2) is 36.8 Å². The van der Waals surface area contributed by atoms with Crippen LogP contribution in [0.4, 0.5) is 10.2 Å². The standard InChI is InChI=1S/C15H24FN3O/c1-4-14-10-20-6-5-19(14)15-12(8-17-11(2)3)7-13(16)9-18-15/h7,9,11,14,17H,4-6,8,10H2,1-3H3. The fraction of sp³-hybridized carbons (Fsp3) is 0.667. The topological polar surface area (TPSA) is 37.4 Å². The highest BCUT2D eigenvalue weighted by molar-refractivity contribution is 5.48. The molecule has 0 bridgehead atoms. The Hall–Kier alpha value is -1.20. The molecule has 0 amide bonds. The molecule has 1 fully saturated rings. The SMILES string of the molecule is CCC1COCCN1c1ncc(F)cc1CNC(C)C. The van der Waals surface area contributed by atoms with Gasteiger partial charge in [-0.3, -0.25) is 0 Å². The third-order valence-electron chi connectivity index (χ3n) is 3.58. The van der Waals surface area contributed by atoms with Crippen LogP contribution in [0.1, 0.15) is 32.8 Å². The number of rotatable bonds is 5. The maximum absolute atomic E-state index is 13.5. The Bertz CT molecular complexity index is 439. The molecule has 1 aromatic rings. The zero-order valence-electron chi connectivity index (χ0n) is 12.5. The van der Waals surface area contributed by atoms with Gasteiger partial charge in [0.15, 0.2) is 0 Å². The molecule has 1 aliphatic heterocycles. The summed E-state index contributed by atoms with van der Waals surface area (Å²) in [7, 11) is 0. The van der Waals surface area contributed by atoms with E-state index in [9.17, 15) is 4.39 Å². The first-order valence-electron chi connectivity index (χ1n) is 7.34. The van der Waals surface area contributed by atoms with E-state index in [4.69, 9.17) is 4.74 Å². The van der Waals surface area contributed by atoms with Gasteiger partial charge in [-0.2, -0.15) is 0 Å². The molecule has 1 aliphatic rings. The van der Waals surface area contributed by atoms with Crippen molar-refractivity contribution in [2.24, 2.45) is 0 Å². The van der Waals surface area contributed by atoms with Crippen molar-refractivity contribution in [3.8, 4) is 0 Å². The largest absolute Gasteiger partial charge is 0.377 e. The van der Waals surface area contributed by atoms with Crippen LogP contribution in [0.15, 0.2) is 12.3 Å². The monoisotopic (exact) mass is 281 g/mol. The van der Waals surface area contributed by atoms with E-state index in [1.807, 2.05) is 0 Å². The third kappa shape index (κ3) is 3.67. The highest BCUT2D eigenvalue weighted by Gasteiger charge is 2.24. The van der Waals surface area contributed by atoms with Crippen molar-refractivity contribution in [3.05, 3.63) is 23.6 Å². The molecule has 1 atom stereocenters. The van der Waals surface area contributed by atoms with Gasteiger partial charge in [0.2, 0.25) is 0 Å². The van der Waals surface area contributed by atoms with E-state index in [-0.39, 0.29) is 5.82 Å². The molecule has 4 nitrogen and oxygen atoms in total. The Morgan fingerprint density at radius 1 is 1.55 bits per heavy atom. The van der Waals surface area contributed by atoms with Crippen molar-refractivity contribution in [2.45, 2.75) is 45.8 Å². The lowest BCUT2D eigenvalue weighted by Crippen LogP contribution is -2.46. The van der Waals surface area contributed by atoms with Crippen molar-refractivity contribution in [2.75, 3.05) is 24.7 Å². The van der Waals surface area contributed by atoms with Crippen LogP contribution in [0.25, 0.3) is 0 Å². The first kappa shape index (κ1) is 15.2. The van der Waals surface area contributed by atoms with Gasteiger partial charge in [0.1, 0.15) is 11.6 Å². The molecule has 2 rings (SSSR count). The molecule has 0 aromatic carbocycles. The summed E-state index contributed by atoms with van der Waals surface area (Å²) in [5.41, 5.74) is 0.916. The molecular weight excluding hydrogens is 257 g/mol. The lowest BCUT2D eigenvalue weighted by Gasteiger charge is -2.37. The summed E-state index contributed by atoms with van der Waals surface area (Å²) in [6, 6.07) is 2.26. The van der Waals surface area contributed by atoms with Crippen LogP contribution >= 0.6 is 0 Å². The maximum Gasteiger partial charge on any atom is 0.141 e. The Morgan fingerprint density at radius 2 is 2.35 bits per heavy atom. The van der Waals surface area contributed by atoms with Crippen molar-refractivity contribution in [3.63, 3.8) is 0 Å². The second kappa shape index (κ2) is 6.99. The van der Waals surface area contributed by atoms with Crippen molar-refractivity contribution >= 4 is 5.82 Å². The molecular formula is C15H24FN3O. The Balaban J connectivity index is 2.24. The molecule has 1 saturated heterocycles. The van der Waals surface area contributed by atoms with Gasteiger partial charge in [-0.05, 0) is 12.5 Å². The van der Waals surface area contributed by atoms with E-state index < -0.39 is 0 Å². The van der Waals surface area contributed by atoms with Crippen molar-refractivity contribution < 1.29 is 9.13 Å². The van der Waals surface area contributed by atoms with E-state index in [1.54, 1.807) is 6.07 Å². The molecule has 0 saturated carbocycles. The minimum atomic E-state index is -0.282. The van der Waals surface area contributed by atoms with E-state index >= 15 is 0 Å². The predicted octanol–water partition coefficient (Wildman–Crippen LogP) is 2.33. The molecule has 1 unspecified atom stereocenters. The normalized spacial score (nSPS) is 19.6. The number of aromatic nitrogens is 1. The molecule has 1 N–H and O–H groups in total. The van der Waals surface area contributed by atoms with E-state index in [0.29, 0.717) is 31.8 Å². The molecule has 2 heterocycles. The van der Waals surface area contributed by atoms with Crippen LogP contribution in [0.5, 0.6) is 0 Å². The number of nitrogens with zero attached hydrogens (tertiary/aromatic N) is 2. The van der Waals surface area contributed by atoms with Gasteiger partial charge in [0, 0.05) is 24.7 Å². The highest BCUT2D eigenvalue weighted by Crippen LogP contribution is 2.24. The van der Waals surface area contributed by atoms with Crippen LogP contribution in [0, 0.1) is 5.82 Å². The number of morpholine rings is 1. The summed E-state index contributed by atoms with van der Waals surface area (Å²) in [5, 5.41) is 3.34. The van der Waals surface area contributed by atoms with Crippen molar-refractivity contribution in [1.82, 2.24) is 10.3 Å². The van der Waals surface area contributed by atoms with Crippen LogP contribution in [-0.2, 0) is 11.3 Å². The number of hydrogen-bond acceptors (Lipinski definition) is 4. The van der Waals surface area contributed by atoms with Crippen LogP contribution in [0.3, 0.4) is 0 Å². The Kier molecular flexibility index (Phi) is 5.31. The minimum Gasteiger partial charge on any atom is -0.377 e. The van der Waals surface area contributed by atoms with E-state index in [1.165, 1.54) is 6.20 Å². The summed E-state index contributed by atoms with van der Waals surface area (Å²) < 4.78 is 19.0. The Labute approximate surface area is 120 Å². The first-order valence-corrected chi connectivity index (χ1v) is 7.34. The molecule has 20 heavy (non-hydrogen) atoms. The smallest absolute Gasteiger partial charge is 0.141 e. The summed E-state index contributed by atoms with van der Waals surface area (Å²) in [6.07, 6.45) is 2.30. The van der Waals surface area contributed by atoms with Crippen LogP contribution < -0.4 is 10.2 Å². The summed E-state index contributed by atoms with van der Waals surface area (Å²) in [5.74, 6) is 0.602. The molecule has 1 aromatic heterocycles. The average Bonchev–Trinajstić information content (AvgIpc) is 2.45. The third-order valence-corrected chi connectivity index (χ3v) is 3.58. The lowest BCUT2D eigenvalue weighted by atomic mass is 10.1. The fourth-order valence-electron chi connectivity index (χ4n) is 2.45. The van der Waals surface area contributed by atoms with Gasteiger partial charge in [0.25, 0.3) is 0 Å². The predicted molar refractivity (Wildman–Crippen MR) is 78.4 cm³/mol. The van der Waals surface area contributed by atoms with Crippen LogP contribution in [0.2, 0.25) is 0 Å². The average molecular weight is 281 g/mol. The number of nitrogens with one attached hydrogen (secondary N) is 1. The number of pyridine rings is 1. The molecule has 112 valence electrons. The quantitative estimate of drug-likeness (QED) is 0.899. The van der Waals surface area contributed by atoms with Crippen molar-refractivity contribution in [1.29, 1.82) is 0 Å². The Morgan fingerprint density at radius 3 is 3.05 bits per heavy atom. The van der Waals surface area contributed by atoms with Gasteiger partial charge in [-0.25, -0.2) is 9.37 Å². The number of anilines is 1. The number of halogens is 1. The first-order chi connectivity index (χ1) is 9.61. The number of hydrogen-bond donors (Lipinski definition) is 1. The van der Waals surface area contributed by atoms with E-state index in [2.05, 4.69) is 36.0 Å². The molecule has 5 heteroatoms. The molecule has 0 aliphatic carbocycles. The van der Waals surface area contributed by atoms with Gasteiger partial charge in [-0.1, -0.05) is 20.8 Å².